The Kier molecular flexibility index (Phi) is 3.39. The van der Waals surface area contributed by atoms with Crippen molar-refractivity contribution in [1.82, 2.24) is 5.32 Å². The first kappa shape index (κ1) is 11.8. The Hall–Kier alpha value is -1.26. The van der Waals surface area contributed by atoms with Gasteiger partial charge in [-0.3, -0.25) is 0 Å². The van der Waals surface area contributed by atoms with Crippen LogP contribution in [0, 0.1) is 0 Å². The lowest BCUT2D eigenvalue weighted by atomic mass is 9.92. The van der Waals surface area contributed by atoms with E-state index in [0.717, 1.165) is 36.3 Å². The summed E-state index contributed by atoms with van der Waals surface area (Å²) in [5, 5.41) is 13.4. The highest BCUT2D eigenvalue weighted by molar-refractivity contribution is 5.48. The van der Waals surface area contributed by atoms with Gasteiger partial charge in [0, 0.05) is 18.2 Å². The lowest BCUT2D eigenvalue weighted by Gasteiger charge is -2.28. The molecule has 4 nitrogen and oxygen atoms in total. The van der Waals surface area contributed by atoms with Gasteiger partial charge in [-0.15, -0.1) is 0 Å². The van der Waals surface area contributed by atoms with E-state index in [2.05, 4.69) is 5.32 Å². The van der Waals surface area contributed by atoms with Crippen molar-refractivity contribution < 1.29 is 14.6 Å². The minimum atomic E-state index is -0.215. The van der Waals surface area contributed by atoms with E-state index in [9.17, 15) is 5.11 Å². The normalized spacial score (nSPS) is 26.3. The van der Waals surface area contributed by atoms with Crippen molar-refractivity contribution in [1.29, 1.82) is 0 Å². The maximum atomic E-state index is 9.92. The summed E-state index contributed by atoms with van der Waals surface area (Å²) in [7, 11) is 0. The molecule has 98 valence electrons. The van der Waals surface area contributed by atoms with Crippen LogP contribution in [0.25, 0.3) is 0 Å². The Morgan fingerprint density at radius 1 is 1.22 bits per heavy atom. The van der Waals surface area contributed by atoms with Gasteiger partial charge in [0.25, 0.3) is 0 Å². The van der Waals surface area contributed by atoms with E-state index in [1.54, 1.807) is 0 Å². The van der Waals surface area contributed by atoms with Gasteiger partial charge in [-0.2, -0.15) is 0 Å². The molecule has 1 aromatic carbocycles. The van der Waals surface area contributed by atoms with Crippen LogP contribution in [0.1, 0.15) is 31.2 Å². The zero-order valence-electron chi connectivity index (χ0n) is 10.4. The van der Waals surface area contributed by atoms with Crippen molar-refractivity contribution in [2.75, 3.05) is 6.79 Å². The second kappa shape index (κ2) is 5.16. The molecule has 1 fully saturated rings. The van der Waals surface area contributed by atoms with E-state index < -0.39 is 0 Å². The van der Waals surface area contributed by atoms with Crippen molar-refractivity contribution in [2.24, 2.45) is 0 Å². The fourth-order valence-electron chi connectivity index (χ4n) is 2.72. The predicted octanol–water partition coefficient (Wildman–Crippen LogP) is 1.81. The molecule has 0 unspecified atom stereocenters. The molecule has 0 amide bonds. The quantitative estimate of drug-likeness (QED) is 0.857. The molecule has 2 aliphatic rings. The average molecular weight is 249 g/mol. The molecule has 1 aliphatic heterocycles. The lowest BCUT2D eigenvalue weighted by Crippen LogP contribution is -2.41. The minimum absolute atomic E-state index is 0.205. The van der Waals surface area contributed by atoms with Crippen LogP contribution >= 0.6 is 0 Å². The third-order valence-electron chi connectivity index (χ3n) is 3.76. The van der Waals surface area contributed by atoms with Crippen molar-refractivity contribution in [3.63, 3.8) is 0 Å². The molecule has 0 spiro atoms. The van der Waals surface area contributed by atoms with Crippen molar-refractivity contribution in [3.05, 3.63) is 23.8 Å². The predicted molar refractivity (Wildman–Crippen MR) is 67.7 cm³/mol. The van der Waals surface area contributed by atoms with Crippen LogP contribution in [-0.4, -0.2) is 24.0 Å². The summed E-state index contributed by atoms with van der Waals surface area (Å²) in [5.41, 5.74) is 1.10. The topological polar surface area (TPSA) is 50.7 Å². The van der Waals surface area contributed by atoms with E-state index in [-0.39, 0.29) is 12.1 Å². The number of nitrogens with one attached hydrogen (secondary N) is 1. The standard InChI is InChI=1S/C14H19NO3/c16-12-6-2-1-5-11(12)15-8-10-4-3-7-13-14(10)18-9-17-13/h3-4,7,11-12,15-16H,1-2,5-6,8-9H2/t11-,12-/m1/s1. The van der Waals surface area contributed by atoms with Crippen molar-refractivity contribution >= 4 is 0 Å². The van der Waals surface area contributed by atoms with Gasteiger partial charge < -0.3 is 19.9 Å². The number of fused-ring (bicyclic) bond motifs is 1. The molecule has 1 heterocycles. The van der Waals surface area contributed by atoms with E-state index in [4.69, 9.17) is 9.47 Å². The van der Waals surface area contributed by atoms with Gasteiger partial charge in [-0.1, -0.05) is 25.0 Å². The van der Waals surface area contributed by atoms with Crippen LogP contribution in [0.5, 0.6) is 11.5 Å². The molecule has 1 aliphatic carbocycles. The van der Waals surface area contributed by atoms with Gasteiger partial charge in [0.15, 0.2) is 11.5 Å². The van der Waals surface area contributed by atoms with E-state index >= 15 is 0 Å². The number of ether oxygens (including phenoxy) is 2. The summed E-state index contributed by atoms with van der Waals surface area (Å²) in [6.45, 7) is 1.02. The van der Waals surface area contributed by atoms with Gasteiger partial charge in [0.05, 0.1) is 6.10 Å². The molecule has 0 bridgehead atoms. The van der Waals surface area contributed by atoms with Gasteiger partial charge in [0.1, 0.15) is 0 Å². The fraction of sp³-hybridized carbons (Fsp3) is 0.571. The molecule has 0 saturated heterocycles. The van der Waals surface area contributed by atoms with Crippen molar-refractivity contribution in [3.8, 4) is 11.5 Å². The number of aliphatic hydroxyl groups is 1. The van der Waals surface area contributed by atoms with Crippen molar-refractivity contribution in [2.45, 2.75) is 44.4 Å². The van der Waals surface area contributed by atoms with Crippen LogP contribution in [0.4, 0.5) is 0 Å². The molecule has 3 rings (SSSR count). The van der Waals surface area contributed by atoms with Gasteiger partial charge >= 0.3 is 0 Å². The molecule has 0 radical (unpaired) electrons. The Bertz CT molecular complexity index is 422. The average Bonchev–Trinajstić information content (AvgIpc) is 2.86. The third-order valence-corrected chi connectivity index (χ3v) is 3.76. The first-order valence-corrected chi connectivity index (χ1v) is 6.63. The number of rotatable bonds is 3. The van der Waals surface area contributed by atoms with Crippen LogP contribution in [0.3, 0.4) is 0 Å². The van der Waals surface area contributed by atoms with Gasteiger partial charge in [-0.25, -0.2) is 0 Å². The number of para-hydroxylation sites is 1. The molecular formula is C14H19NO3. The molecule has 1 aromatic rings. The Labute approximate surface area is 107 Å². The maximum absolute atomic E-state index is 9.92. The summed E-state index contributed by atoms with van der Waals surface area (Å²) in [4.78, 5) is 0. The molecule has 4 heteroatoms. The summed E-state index contributed by atoms with van der Waals surface area (Å²) < 4.78 is 10.8. The third kappa shape index (κ3) is 2.31. The first-order valence-electron chi connectivity index (χ1n) is 6.63. The summed E-state index contributed by atoms with van der Waals surface area (Å²) >= 11 is 0. The van der Waals surface area contributed by atoms with E-state index in [0.29, 0.717) is 13.3 Å². The monoisotopic (exact) mass is 249 g/mol. The number of benzene rings is 1. The first-order chi connectivity index (χ1) is 8.84. The maximum Gasteiger partial charge on any atom is 0.231 e. The number of hydrogen-bond donors (Lipinski definition) is 2. The molecule has 2 N–H and O–H groups in total. The van der Waals surface area contributed by atoms with Crippen LogP contribution < -0.4 is 14.8 Å². The second-order valence-electron chi connectivity index (χ2n) is 4.99. The Morgan fingerprint density at radius 3 is 3.00 bits per heavy atom. The second-order valence-corrected chi connectivity index (χ2v) is 4.99. The Balaban J connectivity index is 1.65. The SMILES string of the molecule is O[C@@H]1CCCC[C@H]1NCc1cccc2c1OCO2. The molecular weight excluding hydrogens is 230 g/mol. The minimum Gasteiger partial charge on any atom is -0.454 e. The van der Waals surface area contributed by atoms with Crippen LogP contribution in [0.15, 0.2) is 18.2 Å². The Morgan fingerprint density at radius 2 is 2.11 bits per heavy atom. The molecule has 2 atom stereocenters. The van der Waals surface area contributed by atoms with E-state index in [1.807, 2.05) is 18.2 Å². The summed E-state index contributed by atoms with van der Waals surface area (Å²) in [5.74, 6) is 1.66. The van der Waals surface area contributed by atoms with Crippen LogP contribution in [-0.2, 0) is 6.54 Å². The largest absolute Gasteiger partial charge is 0.454 e. The highest BCUT2D eigenvalue weighted by Crippen LogP contribution is 2.35. The van der Waals surface area contributed by atoms with Gasteiger partial charge in [-0.05, 0) is 18.9 Å². The smallest absolute Gasteiger partial charge is 0.231 e. The number of aliphatic hydroxyl groups excluding tert-OH is 1. The molecule has 18 heavy (non-hydrogen) atoms. The molecule has 1 saturated carbocycles. The summed E-state index contributed by atoms with van der Waals surface area (Å²) in [6, 6.07) is 6.13. The summed E-state index contributed by atoms with van der Waals surface area (Å²) in [6.07, 6.45) is 4.07. The highest BCUT2D eigenvalue weighted by Gasteiger charge is 2.23. The molecule has 0 aromatic heterocycles. The lowest BCUT2D eigenvalue weighted by molar-refractivity contribution is 0.0900. The highest BCUT2D eigenvalue weighted by atomic mass is 16.7. The number of hydrogen-bond acceptors (Lipinski definition) is 4. The van der Waals surface area contributed by atoms with E-state index in [1.165, 1.54) is 6.42 Å². The van der Waals surface area contributed by atoms with Gasteiger partial charge in [0.2, 0.25) is 6.79 Å². The zero-order chi connectivity index (χ0) is 12.4. The van der Waals surface area contributed by atoms with Crippen LogP contribution in [0.2, 0.25) is 0 Å². The zero-order valence-corrected chi connectivity index (χ0v) is 10.4. The fourth-order valence-corrected chi connectivity index (χ4v) is 2.72.